The van der Waals surface area contributed by atoms with Crippen LogP contribution in [0.2, 0.25) is 5.02 Å². The van der Waals surface area contributed by atoms with Crippen molar-refractivity contribution in [2.75, 3.05) is 13.6 Å². The minimum Gasteiger partial charge on any atom is -0.483 e. The van der Waals surface area contributed by atoms with E-state index < -0.39 is 0 Å². The van der Waals surface area contributed by atoms with Crippen LogP contribution in [-0.2, 0) is 0 Å². The summed E-state index contributed by atoms with van der Waals surface area (Å²) in [4.78, 5) is 0. The second-order valence-electron chi connectivity index (χ2n) is 4.51. The van der Waals surface area contributed by atoms with Crippen LogP contribution >= 0.6 is 11.6 Å². The van der Waals surface area contributed by atoms with E-state index >= 15 is 0 Å². The number of ether oxygens (including phenoxy) is 1. The van der Waals surface area contributed by atoms with E-state index in [1.165, 1.54) is 0 Å². The Labute approximate surface area is 119 Å². The van der Waals surface area contributed by atoms with Crippen molar-refractivity contribution in [3.63, 3.8) is 0 Å². The monoisotopic (exact) mass is 275 g/mol. The molecule has 0 amide bonds. The fourth-order valence-electron chi connectivity index (χ4n) is 1.93. The van der Waals surface area contributed by atoms with Crippen LogP contribution in [0.25, 0.3) is 0 Å². The van der Waals surface area contributed by atoms with Gasteiger partial charge in [0.1, 0.15) is 11.9 Å². The SMILES string of the molecule is CNCC(Oc1cc(C)ccc1Cl)c1ccccc1. The summed E-state index contributed by atoms with van der Waals surface area (Å²) in [7, 11) is 1.91. The third-order valence-electron chi connectivity index (χ3n) is 2.92. The molecule has 0 radical (unpaired) electrons. The van der Waals surface area contributed by atoms with E-state index in [4.69, 9.17) is 16.3 Å². The first kappa shape index (κ1) is 13.9. The Morgan fingerprint density at radius 3 is 2.58 bits per heavy atom. The number of hydrogen-bond acceptors (Lipinski definition) is 2. The molecule has 0 heterocycles. The number of likely N-dealkylation sites (N-methyl/N-ethyl adjacent to an activating group) is 1. The fourth-order valence-corrected chi connectivity index (χ4v) is 2.10. The van der Waals surface area contributed by atoms with Crippen molar-refractivity contribution in [2.45, 2.75) is 13.0 Å². The van der Waals surface area contributed by atoms with Gasteiger partial charge in [0.2, 0.25) is 0 Å². The van der Waals surface area contributed by atoms with Gasteiger partial charge in [0.15, 0.2) is 0 Å². The molecule has 2 aromatic rings. The number of halogens is 1. The lowest BCUT2D eigenvalue weighted by molar-refractivity contribution is 0.205. The van der Waals surface area contributed by atoms with Crippen LogP contribution in [0.3, 0.4) is 0 Å². The maximum atomic E-state index is 6.18. The molecule has 0 spiro atoms. The molecular weight excluding hydrogens is 258 g/mol. The van der Waals surface area contributed by atoms with Crippen molar-refractivity contribution >= 4 is 11.6 Å². The summed E-state index contributed by atoms with van der Waals surface area (Å²) in [5.74, 6) is 0.728. The summed E-state index contributed by atoms with van der Waals surface area (Å²) >= 11 is 6.18. The normalized spacial score (nSPS) is 12.2. The van der Waals surface area contributed by atoms with Crippen LogP contribution < -0.4 is 10.1 Å². The summed E-state index contributed by atoms with van der Waals surface area (Å²) in [5.41, 5.74) is 2.27. The zero-order chi connectivity index (χ0) is 13.7. The minimum atomic E-state index is -0.0505. The van der Waals surface area contributed by atoms with Crippen LogP contribution in [0.5, 0.6) is 5.75 Å². The van der Waals surface area contributed by atoms with Crippen molar-refractivity contribution in [1.82, 2.24) is 5.32 Å². The molecule has 0 aromatic heterocycles. The van der Waals surface area contributed by atoms with Gasteiger partial charge in [-0.1, -0.05) is 48.0 Å². The number of rotatable bonds is 5. The lowest BCUT2D eigenvalue weighted by atomic mass is 10.1. The van der Waals surface area contributed by atoms with E-state index in [-0.39, 0.29) is 6.10 Å². The highest BCUT2D eigenvalue weighted by atomic mass is 35.5. The van der Waals surface area contributed by atoms with E-state index in [9.17, 15) is 0 Å². The number of benzene rings is 2. The molecule has 19 heavy (non-hydrogen) atoms. The van der Waals surface area contributed by atoms with Crippen LogP contribution in [0.15, 0.2) is 48.5 Å². The molecule has 1 unspecified atom stereocenters. The summed E-state index contributed by atoms with van der Waals surface area (Å²) in [5, 5.41) is 3.79. The third kappa shape index (κ3) is 3.72. The van der Waals surface area contributed by atoms with Gasteiger partial charge in [-0.15, -0.1) is 0 Å². The topological polar surface area (TPSA) is 21.3 Å². The minimum absolute atomic E-state index is 0.0505. The van der Waals surface area contributed by atoms with E-state index in [0.29, 0.717) is 5.02 Å². The van der Waals surface area contributed by atoms with Gasteiger partial charge in [-0.2, -0.15) is 0 Å². The van der Waals surface area contributed by atoms with Crippen LogP contribution in [-0.4, -0.2) is 13.6 Å². The second-order valence-corrected chi connectivity index (χ2v) is 4.92. The highest BCUT2D eigenvalue weighted by Gasteiger charge is 2.14. The Morgan fingerprint density at radius 2 is 1.89 bits per heavy atom. The van der Waals surface area contributed by atoms with Gasteiger partial charge < -0.3 is 10.1 Å². The molecule has 0 bridgehead atoms. The molecule has 0 saturated carbocycles. The zero-order valence-electron chi connectivity index (χ0n) is 11.2. The van der Waals surface area contributed by atoms with E-state index in [0.717, 1.165) is 23.4 Å². The van der Waals surface area contributed by atoms with Crippen LogP contribution in [0, 0.1) is 6.92 Å². The van der Waals surface area contributed by atoms with Gasteiger partial charge in [-0.05, 0) is 37.2 Å². The van der Waals surface area contributed by atoms with Crippen molar-refractivity contribution < 1.29 is 4.74 Å². The molecule has 2 nitrogen and oxygen atoms in total. The second kappa shape index (κ2) is 6.60. The van der Waals surface area contributed by atoms with E-state index in [2.05, 4.69) is 17.4 Å². The predicted molar refractivity (Wildman–Crippen MR) is 79.9 cm³/mol. The summed E-state index contributed by atoms with van der Waals surface area (Å²) < 4.78 is 6.06. The number of hydrogen-bond donors (Lipinski definition) is 1. The zero-order valence-corrected chi connectivity index (χ0v) is 11.9. The van der Waals surface area contributed by atoms with Crippen molar-refractivity contribution in [2.24, 2.45) is 0 Å². The van der Waals surface area contributed by atoms with Crippen molar-refractivity contribution in [1.29, 1.82) is 0 Å². The molecule has 100 valence electrons. The molecule has 0 saturated heterocycles. The predicted octanol–water partition coefficient (Wildman–Crippen LogP) is 3.99. The average Bonchev–Trinajstić information content (AvgIpc) is 2.43. The lowest BCUT2D eigenvalue weighted by Crippen LogP contribution is -2.22. The maximum absolute atomic E-state index is 6.18. The van der Waals surface area contributed by atoms with Gasteiger partial charge in [0.05, 0.1) is 5.02 Å². The number of aryl methyl sites for hydroxylation is 1. The maximum Gasteiger partial charge on any atom is 0.139 e. The third-order valence-corrected chi connectivity index (χ3v) is 3.23. The molecular formula is C16H18ClNO. The van der Waals surface area contributed by atoms with Gasteiger partial charge in [0, 0.05) is 6.54 Å². The standard InChI is InChI=1S/C16H18ClNO/c1-12-8-9-14(17)15(10-12)19-16(11-18-2)13-6-4-3-5-7-13/h3-10,16,18H,11H2,1-2H3. The molecule has 0 aliphatic carbocycles. The Morgan fingerprint density at radius 1 is 1.16 bits per heavy atom. The Kier molecular flexibility index (Phi) is 4.83. The first-order valence-electron chi connectivity index (χ1n) is 6.33. The molecule has 3 heteroatoms. The first-order valence-corrected chi connectivity index (χ1v) is 6.71. The first-order chi connectivity index (χ1) is 9.20. The van der Waals surface area contributed by atoms with Gasteiger partial charge in [-0.3, -0.25) is 0 Å². The smallest absolute Gasteiger partial charge is 0.139 e. The van der Waals surface area contributed by atoms with Gasteiger partial charge >= 0.3 is 0 Å². The quantitative estimate of drug-likeness (QED) is 0.891. The molecule has 2 rings (SSSR count). The average molecular weight is 276 g/mol. The van der Waals surface area contributed by atoms with Crippen molar-refractivity contribution in [3.05, 3.63) is 64.7 Å². The Bertz CT molecular complexity index is 528. The van der Waals surface area contributed by atoms with Crippen LogP contribution in [0.4, 0.5) is 0 Å². The molecule has 1 atom stereocenters. The summed E-state index contributed by atoms with van der Waals surface area (Å²) in [6.07, 6.45) is -0.0505. The van der Waals surface area contributed by atoms with Gasteiger partial charge in [-0.25, -0.2) is 0 Å². The van der Waals surface area contributed by atoms with E-state index in [1.807, 2.05) is 50.4 Å². The highest BCUT2D eigenvalue weighted by molar-refractivity contribution is 6.32. The van der Waals surface area contributed by atoms with Gasteiger partial charge in [0.25, 0.3) is 0 Å². The molecule has 0 aliphatic rings. The highest BCUT2D eigenvalue weighted by Crippen LogP contribution is 2.29. The summed E-state index contributed by atoms with van der Waals surface area (Å²) in [6, 6.07) is 16.0. The number of nitrogens with one attached hydrogen (secondary N) is 1. The molecule has 0 fully saturated rings. The Hall–Kier alpha value is -1.51. The fraction of sp³-hybridized carbons (Fsp3) is 0.250. The van der Waals surface area contributed by atoms with Crippen molar-refractivity contribution in [3.8, 4) is 5.75 Å². The Balaban J connectivity index is 2.24. The summed E-state index contributed by atoms with van der Waals surface area (Å²) in [6.45, 7) is 2.76. The molecule has 1 N–H and O–H groups in total. The molecule has 2 aromatic carbocycles. The van der Waals surface area contributed by atoms with E-state index in [1.54, 1.807) is 0 Å². The van der Waals surface area contributed by atoms with Crippen LogP contribution in [0.1, 0.15) is 17.2 Å². The molecule has 0 aliphatic heterocycles. The lowest BCUT2D eigenvalue weighted by Gasteiger charge is -2.20. The largest absolute Gasteiger partial charge is 0.483 e.